The maximum absolute atomic E-state index is 13.2. The molecule has 2 N–H and O–H groups in total. The van der Waals surface area contributed by atoms with Crippen molar-refractivity contribution in [3.05, 3.63) is 81.1 Å². The zero-order valence-corrected chi connectivity index (χ0v) is 17.1. The third kappa shape index (κ3) is 3.35. The summed E-state index contributed by atoms with van der Waals surface area (Å²) < 4.78 is 10.6. The summed E-state index contributed by atoms with van der Waals surface area (Å²) in [6.45, 7) is 1.92. The number of ether oxygens (including phenoxy) is 1. The highest BCUT2D eigenvalue weighted by atomic mass is 32.1. The third-order valence-corrected chi connectivity index (χ3v) is 5.80. The van der Waals surface area contributed by atoms with E-state index in [9.17, 15) is 19.8 Å². The van der Waals surface area contributed by atoms with Crippen molar-refractivity contribution in [1.82, 2.24) is 4.90 Å². The van der Waals surface area contributed by atoms with Crippen molar-refractivity contribution in [3.8, 4) is 11.5 Å². The first-order valence-corrected chi connectivity index (χ1v) is 10.0. The Hall–Kier alpha value is -3.52. The second kappa shape index (κ2) is 7.72. The topological polar surface area (TPSA) is 100 Å². The van der Waals surface area contributed by atoms with Gasteiger partial charge in [-0.05, 0) is 48.2 Å². The van der Waals surface area contributed by atoms with Gasteiger partial charge in [0.25, 0.3) is 5.91 Å². The van der Waals surface area contributed by atoms with Crippen LogP contribution < -0.4 is 4.74 Å². The number of aliphatic hydroxyl groups is 1. The van der Waals surface area contributed by atoms with Crippen LogP contribution in [0.3, 0.4) is 0 Å². The van der Waals surface area contributed by atoms with Crippen LogP contribution in [-0.4, -0.2) is 33.9 Å². The van der Waals surface area contributed by atoms with E-state index in [1.165, 1.54) is 35.5 Å². The minimum atomic E-state index is -0.869. The lowest BCUT2D eigenvalue weighted by atomic mass is 9.94. The molecule has 0 saturated heterocycles. The zero-order chi connectivity index (χ0) is 21.4. The van der Waals surface area contributed by atoms with Crippen LogP contribution in [0.25, 0.3) is 0 Å². The monoisotopic (exact) mass is 425 g/mol. The molecule has 0 spiro atoms. The van der Waals surface area contributed by atoms with E-state index in [2.05, 4.69) is 0 Å². The van der Waals surface area contributed by atoms with Crippen molar-refractivity contribution in [2.45, 2.75) is 19.5 Å². The SMILES string of the molecule is COc1cc(C2C(C(=O)c3ccc(C)o3)=C(O)C(=O)N2Cc2cccs2)ccc1O. The minimum Gasteiger partial charge on any atom is -0.504 e. The standard InChI is InChI=1S/C22H19NO6S/c1-12-5-8-16(29-12)20(25)18-19(13-6-7-15(24)17(10-13)28-2)23(22(27)21(18)26)11-14-4-3-9-30-14/h3-10,19,24,26H,11H2,1-2H3. The molecule has 3 aromatic rings. The van der Waals surface area contributed by atoms with Gasteiger partial charge in [-0.3, -0.25) is 9.59 Å². The number of aryl methyl sites for hydroxylation is 1. The minimum absolute atomic E-state index is 0.0376. The second-order valence-electron chi connectivity index (χ2n) is 6.85. The number of furan rings is 1. The maximum Gasteiger partial charge on any atom is 0.290 e. The highest BCUT2D eigenvalue weighted by molar-refractivity contribution is 7.09. The predicted octanol–water partition coefficient (Wildman–Crippen LogP) is 4.14. The van der Waals surface area contributed by atoms with Gasteiger partial charge in [0, 0.05) is 4.88 Å². The Kier molecular flexibility index (Phi) is 5.09. The van der Waals surface area contributed by atoms with Crippen LogP contribution in [0.4, 0.5) is 0 Å². The molecule has 154 valence electrons. The molecule has 0 saturated carbocycles. The molecule has 0 fully saturated rings. The Morgan fingerprint density at radius 1 is 1.23 bits per heavy atom. The number of thiophene rings is 1. The van der Waals surface area contributed by atoms with E-state index >= 15 is 0 Å². The third-order valence-electron chi connectivity index (χ3n) is 4.94. The first-order chi connectivity index (χ1) is 14.4. The number of phenolic OH excluding ortho intramolecular Hbond substituents is 1. The number of rotatable bonds is 6. The molecule has 3 heterocycles. The van der Waals surface area contributed by atoms with Crippen LogP contribution in [0.15, 0.2) is 63.6 Å². The zero-order valence-electron chi connectivity index (χ0n) is 16.3. The Morgan fingerprint density at radius 2 is 2.03 bits per heavy atom. The molecule has 1 unspecified atom stereocenters. The Morgan fingerprint density at radius 3 is 2.67 bits per heavy atom. The summed E-state index contributed by atoms with van der Waals surface area (Å²) >= 11 is 1.47. The number of phenols is 1. The summed E-state index contributed by atoms with van der Waals surface area (Å²) in [5.41, 5.74) is 0.448. The van der Waals surface area contributed by atoms with Crippen molar-refractivity contribution in [2.75, 3.05) is 7.11 Å². The number of aliphatic hydroxyl groups excluding tert-OH is 1. The van der Waals surface area contributed by atoms with Gasteiger partial charge in [-0.25, -0.2) is 0 Å². The van der Waals surface area contributed by atoms with Gasteiger partial charge in [-0.2, -0.15) is 0 Å². The van der Waals surface area contributed by atoms with E-state index in [1.807, 2.05) is 17.5 Å². The van der Waals surface area contributed by atoms with E-state index in [-0.39, 0.29) is 29.4 Å². The number of carbonyl (C=O) groups excluding carboxylic acids is 2. The first kappa shape index (κ1) is 19.8. The summed E-state index contributed by atoms with van der Waals surface area (Å²) in [5, 5.41) is 22.5. The van der Waals surface area contributed by atoms with Crippen LogP contribution in [0.1, 0.15) is 32.8 Å². The highest BCUT2D eigenvalue weighted by Gasteiger charge is 2.44. The molecule has 8 heteroatoms. The molecule has 1 aliphatic heterocycles. The number of carbonyl (C=O) groups is 2. The molecule has 0 radical (unpaired) electrons. The number of hydrogen-bond donors (Lipinski definition) is 2. The smallest absolute Gasteiger partial charge is 0.290 e. The molecular weight excluding hydrogens is 406 g/mol. The fraction of sp³-hybridized carbons (Fsp3) is 0.182. The number of amides is 1. The molecular formula is C22H19NO6S. The lowest BCUT2D eigenvalue weighted by Gasteiger charge is -2.26. The Bertz CT molecular complexity index is 1140. The summed E-state index contributed by atoms with van der Waals surface area (Å²) in [6.07, 6.45) is 0. The van der Waals surface area contributed by atoms with Crippen LogP contribution in [0.2, 0.25) is 0 Å². The number of nitrogens with zero attached hydrogens (tertiary/aromatic N) is 1. The molecule has 1 atom stereocenters. The first-order valence-electron chi connectivity index (χ1n) is 9.15. The number of hydrogen-bond acceptors (Lipinski definition) is 7. The van der Waals surface area contributed by atoms with Crippen molar-refractivity contribution < 1.29 is 29.0 Å². The molecule has 1 aliphatic rings. The number of methoxy groups -OCH3 is 1. The van der Waals surface area contributed by atoms with Crippen LogP contribution in [0.5, 0.6) is 11.5 Å². The van der Waals surface area contributed by atoms with Gasteiger partial charge in [0.15, 0.2) is 23.0 Å². The Balaban J connectivity index is 1.83. The van der Waals surface area contributed by atoms with Gasteiger partial charge < -0.3 is 24.3 Å². The van der Waals surface area contributed by atoms with Crippen LogP contribution >= 0.6 is 11.3 Å². The highest BCUT2D eigenvalue weighted by Crippen LogP contribution is 2.42. The van der Waals surface area contributed by atoms with E-state index < -0.39 is 23.5 Å². The Labute approximate surface area is 176 Å². The van der Waals surface area contributed by atoms with E-state index in [0.29, 0.717) is 11.3 Å². The second-order valence-corrected chi connectivity index (χ2v) is 7.88. The summed E-state index contributed by atoms with van der Waals surface area (Å²) in [5.74, 6) is -1.12. The molecule has 2 aromatic heterocycles. The van der Waals surface area contributed by atoms with E-state index in [4.69, 9.17) is 9.15 Å². The van der Waals surface area contributed by atoms with Gasteiger partial charge in [-0.15, -0.1) is 11.3 Å². The summed E-state index contributed by atoms with van der Waals surface area (Å²) in [6, 6.07) is 10.6. The number of ketones is 1. The van der Waals surface area contributed by atoms with Crippen molar-refractivity contribution in [1.29, 1.82) is 0 Å². The van der Waals surface area contributed by atoms with E-state index in [0.717, 1.165) is 4.88 Å². The fourth-order valence-electron chi connectivity index (χ4n) is 3.52. The summed E-state index contributed by atoms with van der Waals surface area (Å²) in [4.78, 5) is 28.5. The van der Waals surface area contributed by atoms with Gasteiger partial charge in [-0.1, -0.05) is 12.1 Å². The molecule has 30 heavy (non-hydrogen) atoms. The van der Waals surface area contributed by atoms with Crippen molar-refractivity contribution >= 4 is 23.0 Å². The van der Waals surface area contributed by atoms with Crippen LogP contribution in [-0.2, 0) is 11.3 Å². The number of aromatic hydroxyl groups is 1. The molecule has 1 amide bonds. The van der Waals surface area contributed by atoms with Crippen LogP contribution in [0, 0.1) is 6.92 Å². The predicted molar refractivity (Wildman–Crippen MR) is 110 cm³/mol. The average Bonchev–Trinajstić information content (AvgIpc) is 3.45. The molecule has 0 aliphatic carbocycles. The van der Waals surface area contributed by atoms with Crippen molar-refractivity contribution in [2.24, 2.45) is 0 Å². The van der Waals surface area contributed by atoms with E-state index in [1.54, 1.807) is 25.1 Å². The number of benzene rings is 1. The van der Waals surface area contributed by atoms with Gasteiger partial charge in [0.1, 0.15) is 5.76 Å². The summed E-state index contributed by atoms with van der Waals surface area (Å²) in [7, 11) is 1.41. The normalized spacial score (nSPS) is 16.4. The average molecular weight is 425 g/mol. The lowest BCUT2D eigenvalue weighted by molar-refractivity contribution is -0.130. The quantitative estimate of drug-likeness (QED) is 0.576. The fourth-order valence-corrected chi connectivity index (χ4v) is 4.22. The maximum atomic E-state index is 13.2. The van der Waals surface area contributed by atoms with Gasteiger partial charge in [0.2, 0.25) is 5.78 Å². The lowest BCUT2D eigenvalue weighted by Crippen LogP contribution is -2.30. The largest absolute Gasteiger partial charge is 0.504 e. The molecule has 4 rings (SSSR count). The molecule has 0 bridgehead atoms. The number of Topliss-reactive ketones (excluding diaryl/α,β-unsaturated/α-hetero) is 1. The van der Waals surface area contributed by atoms with Gasteiger partial charge in [0.05, 0.1) is 25.3 Å². The molecule has 1 aromatic carbocycles. The molecule has 7 nitrogen and oxygen atoms in total. The van der Waals surface area contributed by atoms with Gasteiger partial charge >= 0.3 is 0 Å². The van der Waals surface area contributed by atoms with Crippen molar-refractivity contribution in [3.63, 3.8) is 0 Å².